The van der Waals surface area contributed by atoms with E-state index in [2.05, 4.69) is 22.2 Å². The first-order chi connectivity index (χ1) is 14.2. The average molecular weight is 411 g/mol. The van der Waals surface area contributed by atoms with E-state index in [1.165, 1.54) is 12.8 Å². The van der Waals surface area contributed by atoms with E-state index in [9.17, 15) is 4.79 Å². The van der Waals surface area contributed by atoms with Gasteiger partial charge in [-0.2, -0.15) is 5.10 Å². The Morgan fingerprint density at radius 3 is 2.72 bits per heavy atom. The van der Waals surface area contributed by atoms with Crippen LogP contribution in [-0.4, -0.2) is 51.0 Å². The molecule has 1 aliphatic heterocycles. The Morgan fingerprint density at radius 1 is 1.17 bits per heavy atom. The number of hydrogen-bond donors (Lipinski definition) is 1. The first-order valence-corrected chi connectivity index (χ1v) is 11.1. The van der Waals surface area contributed by atoms with Crippen LogP contribution in [0.15, 0.2) is 41.7 Å². The predicted molar refractivity (Wildman–Crippen MR) is 116 cm³/mol. The molecule has 0 spiro atoms. The van der Waals surface area contributed by atoms with E-state index >= 15 is 0 Å². The topological polar surface area (TPSA) is 75.9 Å². The van der Waals surface area contributed by atoms with Gasteiger partial charge in [-0.3, -0.25) is 4.79 Å². The van der Waals surface area contributed by atoms with Gasteiger partial charge in [0.25, 0.3) is 0 Å². The van der Waals surface area contributed by atoms with Crippen LogP contribution in [0.3, 0.4) is 0 Å². The van der Waals surface area contributed by atoms with Crippen LogP contribution in [0, 0.1) is 0 Å². The zero-order chi connectivity index (χ0) is 20.1. The van der Waals surface area contributed by atoms with Crippen LogP contribution in [0.2, 0.25) is 0 Å². The van der Waals surface area contributed by atoms with Gasteiger partial charge in [-0.1, -0.05) is 49.0 Å². The third-order valence-electron chi connectivity index (χ3n) is 4.99. The highest BCUT2D eigenvalue weighted by Gasteiger charge is 2.20. The molecule has 0 saturated carbocycles. The Hall–Kier alpha value is -2.61. The maximum atomic E-state index is 12.2. The van der Waals surface area contributed by atoms with Gasteiger partial charge >= 0.3 is 0 Å². The van der Waals surface area contributed by atoms with E-state index < -0.39 is 0 Å². The largest absolute Gasteiger partial charge is 0.356 e. The number of rotatable bonds is 8. The summed E-state index contributed by atoms with van der Waals surface area (Å²) >= 11 is 1.65. The summed E-state index contributed by atoms with van der Waals surface area (Å²) in [6.07, 6.45) is 4.64. The fraction of sp³-hybridized carbons (Fsp3) is 0.429. The smallest absolute Gasteiger partial charge is 0.224 e. The molecule has 1 fully saturated rings. The highest BCUT2D eigenvalue weighted by molar-refractivity contribution is 7.99. The van der Waals surface area contributed by atoms with Crippen molar-refractivity contribution >= 4 is 34.5 Å². The molecule has 8 heteroatoms. The molecule has 0 bridgehead atoms. The SMILES string of the molecule is CCSc1nc(N2CCCC2)c2cnn(CCNC(=O)Cc3ccccc3)c2n1. The molecule has 1 saturated heterocycles. The van der Waals surface area contributed by atoms with E-state index in [1.807, 2.05) is 41.2 Å². The third kappa shape index (κ3) is 4.70. The molecule has 0 radical (unpaired) electrons. The number of benzene rings is 1. The van der Waals surface area contributed by atoms with Gasteiger partial charge in [-0.15, -0.1) is 0 Å². The molecule has 1 aliphatic rings. The number of aromatic nitrogens is 4. The molecule has 1 amide bonds. The van der Waals surface area contributed by atoms with E-state index in [-0.39, 0.29) is 5.91 Å². The number of thioether (sulfide) groups is 1. The molecule has 3 heterocycles. The molecule has 0 unspecified atom stereocenters. The van der Waals surface area contributed by atoms with Crippen molar-refractivity contribution in [3.8, 4) is 0 Å². The van der Waals surface area contributed by atoms with Gasteiger partial charge in [0.1, 0.15) is 5.82 Å². The number of anilines is 1. The Morgan fingerprint density at radius 2 is 1.97 bits per heavy atom. The van der Waals surface area contributed by atoms with Crippen molar-refractivity contribution in [3.63, 3.8) is 0 Å². The lowest BCUT2D eigenvalue weighted by Gasteiger charge is -2.17. The summed E-state index contributed by atoms with van der Waals surface area (Å²) < 4.78 is 1.87. The van der Waals surface area contributed by atoms with Crippen molar-refractivity contribution in [2.75, 3.05) is 30.3 Å². The van der Waals surface area contributed by atoms with Gasteiger partial charge in [-0.05, 0) is 24.2 Å². The van der Waals surface area contributed by atoms with Gasteiger partial charge < -0.3 is 10.2 Å². The van der Waals surface area contributed by atoms with E-state index in [1.54, 1.807) is 11.8 Å². The molecule has 29 heavy (non-hydrogen) atoms. The number of fused-ring (bicyclic) bond motifs is 1. The highest BCUT2D eigenvalue weighted by Crippen LogP contribution is 2.29. The van der Waals surface area contributed by atoms with Crippen LogP contribution in [0.4, 0.5) is 5.82 Å². The van der Waals surface area contributed by atoms with Gasteiger partial charge in [0.2, 0.25) is 5.91 Å². The number of hydrogen-bond acceptors (Lipinski definition) is 6. The summed E-state index contributed by atoms with van der Waals surface area (Å²) in [7, 11) is 0. The van der Waals surface area contributed by atoms with Crippen LogP contribution in [0.1, 0.15) is 25.3 Å². The fourth-order valence-corrected chi connectivity index (χ4v) is 4.15. The second-order valence-corrected chi connectivity index (χ2v) is 8.31. The molecule has 0 aliphatic carbocycles. The molecule has 1 aromatic carbocycles. The lowest BCUT2D eigenvalue weighted by Crippen LogP contribution is -2.29. The van der Waals surface area contributed by atoms with Crippen molar-refractivity contribution < 1.29 is 4.79 Å². The van der Waals surface area contributed by atoms with Gasteiger partial charge in [0.15, 0.2) is 10.8 Å². The predicted octanol–water partition coefficient (Wildman–Crippen LogP) is 2.90. The van der Waals surface area contributed by atoms with Crippen molar-refractivity contribution in [2.24, 2.45) is 0 Å². The molecule has 7 nitrogen and oxygen atoms in total. The van der Waals surface area contributed by atoms with Crippen LogP contribution in [0.25, 0.3) is 11.0 Å². The Bertz CT molecular complexity index is 968. The number of nitrogens with zero attached hydrogens (tertiary/aromatic N) is 5. The second-order valence-electron chi connectivity index (χ2n) is 7.07. The summed E-state index contributed by atoms with van der Waals surface area (Å²) in [5, 5.41) is 9.30. The molecular formula is C21H26N6OS. The summed E-state index contributed by atoms with van der Waals surface area (Å²) in [6, 6.07) is 9.77. The molecule has 0 atom stereocenters. The van der Waals surface area contributed by atoms with Gasteiger partial charge in [0.05, 0.1) is 24.5 Å². The first kappa shape index (κ1) is 19.7. The zero-order valence-corrected chi connectivity index (χ0v) is 17.5. The van der Waals surface area contributed by atoms with Crippen molar-refractivity contribution in [3.05, 3.63) is 42.1 Å². The molecule has 2 aromatic heterocycles. The van der Waals surface area contributed by atoms with E-state index in [0.29, 0.717) is 19.5 Å². The van der Waals surface area contributed by atoms with Gasteiger partial charge in [0, 0.05) is 19.6 Å². The minimum absolute atomic E-state index is 0.0160. The fourth-order valence-electron chi connectivity index (χ4n) is 3.59. The minimum Gasteiger partial charge on any atom is -0.356 e. The lowest BCUT2D eigenvalue weighted by atomic mass is 10.1. The monoisotopic (exact) mass is 410 g/mol. The third-order valence-corrected chi connectivity index (χ3v) is 5.72. The van der Waals surface area contributed by atoms with Crippen molar-refractivity contribution in [1.29, 1.82) is 0 Å². The van der Waals surface area contributed by atoms with E-state index in [4.69, 9.17) is 9.97 Å². The molecule has 3 aromatic rings. The molecular weight excluding hydrogens is 384 g/mol. The summed E-state index contributed by atoms with van der Waals surface area (Å²) in [5.41, 5.74) is 1.86. The number of carbonyl (C=O) groups is 1. The Labute approximate surface area is 174 Å². The van der Waals surface area contributed by atoms with Crippen molar-refractivity contribution in [1.82, 2.24) is 25.1 Å². The summed E-state index contributed by atoms with van der Waals surface area (Å²) in [4.78, 5) is 24.1. The van der Waals surface area contributed by atoms with Crippen molar-refractivity contribution in [2.45, 2.75) is 37.9 Å². The summed E-state index contributed by atoms with van der Waals surface area (Å²) in [5.74, 6) is 1.93. The second kappa shape index (κ2) is 9.26. The highest BCUT2D eigenvalue weighted by atomic mass is 32.2. The average Bonchev–Trinajstić information content (AvgIpc) is 3.39. The molecule has 152 valence electrons. The molecule has 4 rings (SSSR count). The zero-order valence-electron chi connectivity index (χ0n) is 16.7. The van der Waals surface area contributed by atoms with Crippen LogP contribution < -0.4 is 10.2 Å². The first-order valence-electron chi connectivity index (χ1n) is 10.2. The maximum absolute atomic E-state index is 12.2. The Kier molecular flexibility index (Phi) is 6.29. The normalized spacial score (nSPS) is 13.9. The quantitative estimate of drug-likeness (QED) is 0.455. The van der Waals surface area contributed by atoms with Crippen LogP contribution >= 0.6 is 11.8 Å². The van der Waals surface area contributed by atoms with E-state index in [0.717, 1.165) is 46.4 Å². The number of carbonyl (C=O) groups excluding carboxylic acids is 1. The minimum atomic E-state index is 0.0160. The lowest BCUT2D eigenvalue weighted by molar-refractivity contribution is -0.120. The summed E-state index contributed by atoms with van der Waals surface area (Å²) in [6.45, 7) is 5.26. The number of nitrogens with one attached hydrogen (secondary N) is 1. The molecule has 1 N–H and O–H groups in total. The maximum Gasteiger partial charge on any atom is 0.224 e. The Balaban J connectivity index is 1.46. The van der Waals surface area contributed by atoms with Crippen LogP contribution in [0.5, 0.6) is 0 Å². The van der Waals surface area contributed by atoms with Crippen LogP contribution in [-0.2, 0) is 17.8 Å². The standard InChI is InChI=1S/C21H26N6OS/c1-2-29-21-24-19(26-11-6-7-12-26)17-15-23-27(20(17)25-21)13-10-22-18(28)14-16-8-4-3-5-9-16/h3-5,8-9,15H,2,6-7,10-14H2,1H3,(H,22,28). The van der Waals surface area contributed by atoms with Gasteiger partial charge in [-0.25, -0.2) is 14.6 Å². The number of amides is 1.